The molecule has 1 aromatic carbocycles. The van der Waals surface area contributed by atoms with Crippen LogP contribution in [0.2, 0.25) is 0 Å². The first-order chi connectivity index (χ1) is 9.81. The molecule has 1 aromatic rings. The van der Waals surface area contributed by atoms with Gasteiger partial charge in [-0.15, -0.1) is 11.8 Å². The molecule has 2 N–H and O–H groups in total. The molecular formula is C17H28N2OS. The lowest BCUT2D eigenvalue weighted by Gasteiger charge is -2.26. The average molecular weight is 308 g/mol. The minimum atomic E-state index is 0.198. The molecule has 0 heterocycles. The van der Waals surface area contributed by atoms with Gasteiger partial charge in [-0.1, -0.05) is 39.8 Å². The molecule has 0 radical (unpaired) electrons. The SMILES string of the molecule is Cc1cccc(SCC(=O)N(CC(C)C)CC(C)C)c1N. The van der Waals surface area contributed by atoms with E-state index in [0.29, 0.717) is 17.6 Å². The van der Waals surface area contributed by atoms with Gasteiger partial charge < -0.3 is 10.6 Å². The number of para-hydroxylation sites is 1. The number of thioether (sulfide) groups is 1. The Kier molecular flexibility index (Phi) is 7.09. The van der Waals surface area contributed by atoms with Crippen LogP contribution >= 0.6 is 11.8 Å². The molecule has 0 aliphatic carbocycles. The van der Waals surface area contributed by atoms with Crippen molar-refractivity contribution in [2.75, 3.05) is 24.6 Å². The minimum Gasteiger partial charge on any atom is -0.398 e. The number of benzene rings is 1. The standard InChI is InChI=1S/C17H28N2OS/c1-12(2)9-19(10-13(3)4)16(20)11-21-15-8-6-7-14(5)17(15)18/h6-8,12-13H,9-11,18H2,1-5H3. The first-order valence-corrected chi connectivity index (χ1v) is 8.55. The van der Waals surface area contributed by atoms with Crippen molar-refractivity contribution < 1.29 is 4.79 Å². The second-order valence-electron chi connectivity index (χ2n) is 6.36. The zero-order chi connectivity index (χ0) is 16.0. The second-order valence-corrected chi connectivity index (χ2v) is 7.38. The Morgan fingerprint density at radius 1 is 1.19 bits per heavy atom. The Morgan fingerprint density at radius 3 is 2.29 bits per heavy atom. The molecule has 1 rings (SSSR count). The molecule has 0 unspecified atom stereocenters. The van der Waals surface area contributed by atoms with Crippen LogP contribution in [-0.4, -0.2) is 29.6 Å². The highest BCUT2D eigenvalue weighted by Crippen LogP contribution is 2.27. The van der Waals surface area contributed by atoms with Crippen LogP contribution in [0.4, 0.5) is 5.69 Å². The molecule has 0 saturated carbocycles. The van der Waals surface area contributed by atoms with Crippen LogP contribution in [0.5, 0.6) is 0 Å². The van der Waals surface area contributed by atoms with E-state index >= 15 is 0 Å². The Morgan fingerprint density at radius 2 is 1.76 bits per heavy atom. The molecule has 4 heteroatoms. The Balaban J connectivity index is 2.66. The Labute approximate surface area is 133 Å². The maximum absolute atomic E-state index is 12.4. The number of carbonyl (C=O) groups excluding carboxylic acids is 1. The number of nitrogens with two attached hydrogens (primary N) is 1. The van der Waals surface area contributed by atoms with Crippen molar-refractivity contribution in [1.29, 1.82) is 0 Å². The summed E-state index contributed by atoms with van der Waals surface area (Å²) in [6, 6.07) is 5.96. The minimum absolute atomic E-state index is 0.198. The van der Waals surface area contributed by atoms with Gasteiger partial charge in [-0.25, -0.2) is 0 Å². The fraction of sp³-hybridized carbons (Fsp3) is 0.588. The first kappa shape index (κ1) is 17.9. The van der Waals surface area contributed by atoms with Crippen LogP contribution in [0.15, 0.2) is 23.1 Å². The third-order valence-electron chi connectivity index (χ3n) is 3.16. The zero-order valence-corrected chi connectivity index (χ0v) is 14.7. The van der Waals surface area contributed by atoms with Gasteiger partial charge in [0.1, 0.15) is 0 Å². The largest absolute Gasteiger partial charge is 0.398 e. The number of amides is 1. The maximum Gasteiger partial charge on any atom is 0.232 e. The quantitative estimate of drug-likeness (QED) is 0.615. The molecule has 0 aromatic heterocycles. The average Bonchev–Trinajstić information content (AvgIpc) is 2.38. The molecule has 0 aliphatic heterocycles. The lowest BCUT2D eigenvalue weighted by molar-refractivity contribution is -0.129. The van der Waals surface area contributed by atoms with E-state index in [1.54, 1.807) is 0 Å². The van der Waals surface area contributed by atoms with E-state index in [9.17, 15) is 4.79 Å². The number of nitrogen functional groups attached to an aromatic ring is 1. The van der Waals surface area contributed by atoms with Crippen molar-refractivity contribution >= 4 is 23.4 Å². The molecule has 21 heavy (non-hydrogen) atoms. The number of nitrogens with zero attached hydrogens (tertiary/aromatic N) is 1. The van der Waals surface area contributed by atoms with Crippen LogP contribution in [-0.2, 0) is 4.79 Å². The van der Waals surface area contributed by atoms with Crippen LogP contribution in [0.25, 0.3) is 0 Å². The van der Waals surface area contributed by atoms with Gasteiger partial charge in [-0.3, -0.25) is 4.79 Å². The van der Waals surface area contributed by atoms with Gasteiger partial charge in [-0.05, 0) is 30.4 Å². The van der Waals surface area contributed by atoms with E-state index in [-0.39, 0.29) is 5.91 Å². The highest BCUT2D eigenvalue weighted by molar-refractivity contribution is 8.00. The third kappa shape index (κ3) is 6.00. The molecule has 0 aliphatic rings. The first-order valence-electron chi connectivity index (χ1n) is 7.57. The van der Waals surface area contributed by atoms with Crippen molar-refractivity contribution in [3.63, 3.8) is 0 Å². The number of hydrogen-bond donors (Lipinski definition) is 1. The molecule has 0 saturated heterocycles. The van der Waals surface area contributed by atoms with Crippen LogP contribution < -0.4 is 5.73 Å². The summed E-state index contributed by atoms with van der Waals surface area (Å²) in [5, 5.41) is 0. The second kappa shape index (κ2) is 8.32. The fourth-order valence-electron chi connectivity index (χ4n) is 2.17. The predicted molar refractivity (Wildman–Crippen MR) is 92.6 cm³/mol. The molecule has 1 amide bonds. The van der Waals surface area contributed by atoms with Crippen molar-refractivity contribution in [2.45, 2.75) is 39.5 Å². The van der Waals surface area contributed by atoms with E-state index in [1.807, 2.05) is 30.0 Å². The summed E-state index contributed by atoms with van der Waals surface area (Å²) in [5.41, 5.74) is 7.91. The van der Waals surface area contributed by atoms with Gasteiger partial charge in [0.2, 0.25) is 5.91 Å². The smallest absolute Gasteiger partial charge is 0.232 e. The molecule has 0 fully saturated rings. The van der Waals surface area contributed by atoms with Gasteiger partial charge in [0.15, 0.2) is 0 Å². The zero-order valence-electron chi connectivity index (χ0n) is 13.8. The summed E-state index contributed by atoms with van der Waals surface area (Å²) in [7, 11) is 0. The topological polar surface area (TPSA) is 46.3 Å². The Bertz CT molecular complexity index is 462. The molecule has 0 bridgehead atoms. The van der Waals surface area contributed by atoms with Gasteiger partial charge in [-0.2, -0.15) is 0 Å². The lowest BCUT2D eigenvalue weighted by atomic mass is 10.1. The molecule has 3 nitrogen and oxygen atoms in total. The highest BCUT2D eigenvalue weighted by atomic mass is 32.2. The van der Waals surface area contributed by atoms with Crippen molar-refractivity contribution in [1.82, 2.24) is 4.90 Å². The van der Waals surface area contributed by atoms with E-state index in [4.69, 9.17) is 5.73 Å². The molecule has 118 valence electrons. The molecule has 0 spiro atoms. The summed E-state index contributed by atoms with van der Waals surface area (Å²) in [4.78, 5) is 15.4. The highest BCUT2D eigenvalue weighted by Gasteiger charge is 2.17. The monoisotopic (exact) mass is 308 g/mol. The van der Waals surface area contributed by atoms with Crippen LogP contribution in [0.1, 0.15) is 33.3 Å². The summed E-state index contributed by atoms with van der Waals surface area (Å²) in [5.74, 6) is 1.62. The van der Waals surface area contributed by atoms with Crippen molar-refractivity contribution in [3.05, 3.63) is 23.8 Å². The van der Waals surface area contributed by atoms with Gasteiger partial charge in [0.05, 0.1) is 5.75 Å². The number of rotatable bonds is 7. The fourth-order valence-corrected chi connectivity index (χ4v) is 3.12. The van der Waals surface area contributed by atoms with Gasteiger partial charge in [0.25, 0.3) is 0 Å². The maximum atomic E-state index is 12.4. The number of anilines is 1. The predicted octanol–water partition coefficient (Wildman–Crippen LogP) is 3.81. The van der Waals surface area contributed by atoms with Crippen molar-refractivity contribution in [3.8, 4) is 0 Å². The third-order valence-corrected chi connectivity index (χ3v) is 4.22. The van der Waals surface area contributed by atoms with Gasteiger partial charge >= 0.3 is 0 Å². The van der Waals surface area contributed by atoms with E-state index < -0.39 is 0 Å². The van der Waals surface area contributed by atoms with E-state index in [1.165, 1.54) is 11.8 Å². The van der Waals surface area contributed by atoms with E-state index in [2.05, 4.69) is 27.7 Å². The number of hydrogen-bond acceptors (Lipinski definition) is 3. The van der Waals surface area contributed by atoms with E-state index in [0.717, 1.165) is 29.2 Å². The van der Waals surface area contributed by atoms with Gasteiger partial charge in [0, 0.05) is 23.7 Å². The lowest BCUT2D eigenvalue weighted by Crippen LogP contribution is -2.38. The summed E-state index contributed by atoms with van der Waals surface area (Å²) < 4.78 is 0. The summed E-state index contributed by atoms with van der Waals surface area (Å²) in [6.45, 7) is 12.2. The number of aryl methyl sites for hydroxylation is 1. The molecular weight excluding hydrogens is 280 g/mol. The van der Waals surface area contributed by atoms with Crippen LogP contribution in [0.3, 0.4) is 0 Å². The summed E-state index contributed by atoms with van der Waals surface area (Å²) in [6.07, 6.45) is 0. The van der Waals surface area contributed by atoms with Crippen LogP contribution in [0, 0.1) is 18.8 Å². The Hall–Kier alpha value is -1.16. The molecule has 0 atom stereocenters. The van der Waals surface area contributed by atoms with Crippen molar-refractivity contribution in [2.24, 2.45) is 11.8 Å². The number of carbonyl (C=O) groups is 1. The normalized spacial score (nSPS) is 11.2. The summed E-state index contributed by atoms with van der Waals surface area (Å²) >= 11 is 1.54.